The standard InChI is InChI=1S/C14H24/c1-7-8(2)12(5)11-13(6)9(3)10(4)14(11,12)13/h8-11H,7H2,1-6H3. The van der Waals surface area contributed by atoms with Crippen LogP contribution in [-0.4, -0.2) is 0 Å². The fraction of sp³-hybridized carbons (Fsp3) is 1.00. The quantitative estimate of drug-likeness (QED) is 0.621. The molecular weight excluding hydrogens is 168 g/mol. The fourth-order valence-corrected chi connectivity index (χ4v) is 6.28. The summed E-state index contributed by atoms with van der Waals surface area (Å²) in [7, 11) is 0. The predicted molar refractivity (Wildman–Crippen MR) is 59.9 cm³/mol. The van der Waals surface area contributed by atoms with Gasteiger partial charge in [-0.1, -0.05) is 48.0 Å². The minimum Gasteiger partial charge on any atom is -0.0651 e. The van der Waals surface area contributed by atoms with Gasteiger partial charge in [-0.15, -0.1) is 0 Å². The molecule has 0 amide bonds. The summed E-state index contributed by atoms with van der Waals surface area (Å²) in [5.41, 5.74) is 2.29. The lowest BCUT2D eigenvalue weighted by Gasteiger charge is -2.55. The Hall–Kier alpha value is 0. The summed E-state index contributed by atoms with van der Waals surface area (Å²) in [5, 5.41) is 0. The van der Waals surface area contributed by atoms with Crippen LogP contribution in [0, 0.1) is 39.9 Å². The highest BCUT2D eigenvalue weighted by atomic mass is 15.1. The van der Waals surface area contributed by atoms with Crippen LogP contribution in [0.1, 0.15) is 48.0 Å². The van der Waals surface area contributed by atoms with Crippen LogP contribution in [0.4, 0.5) is 0 Å². The van der Waals surface area contributed by atoms with Gasteiger partial charge in [-0.3, -0.25) is 0 Å². The Morgan fingerprint density at radius 2 is 1.71 bits per heavy atom. The normalized spacial score (nSPS) is 70.3. The molecule has 7 unspecified atom stereocenters. The van der Waals surface area contributed by atoms with Gasteiger partial charge < -0.3 is 0 Å². The van der Waals surface area contributed by atoms with Gasteiger partial charge in [0.15, 0.2) is 0 Å². The SMILES string of the molecule is CCC(C)C1(C)C2C3(C)C(C)C(C)C213. The van der Waals surface area contributed by atoms with Gasteiger partial charge in [0.25, 0.3) is 0 Å². The van der Waals surface area contributed by atoms with Crippen molar-refractivity contribution in [3.05, 3.63) is 0 Å². The van der Waals surface area contributed by atoms with Crippen LogP contribution in [0.2, 0.25) is 0 Å². The van der Waals surface area contributed by atoms with E-state index in [1.165, 1.54) is 6.42 Å². The third kappa shape index (κ3) is 0.463. The second-order valence-electron chi connectivity index (χ2n) is 6.75. The van der Waals surface area contributed by atoms with E-state index in [9.17, 15) is 0 Å². The Bertz CT molecular complexity index is 307. The lowest BCUT2D eigenvalue weighted by Crippen LogP contribution is -2.51. The number of hydrogen-bond acceptors (Lipinski definition) is 0. The summed E-state index contributed by atoms with van der Waals surface area (Å²) in [6.45, 7) is 14.9. The van der Waals surface area contributed by atoms with Gasteiger partial charge in [0.1, 0.15) is 0 Å². The maximum atomic E-state index is 2.57. The Morgan fingerprint density at radius 3 is 2.07 bits per heavy atom. The van der Waals surface area contributed by atoms with Crippen LogP contribution < -0.4 is 0 Å². The van der Waals surface area contributed by atoms with E-state index in [1.54, 1.807) is 0 Å². The van der Waals surface area contributed by atoms with E-state index in [2.05, 4.69) is 41.5 Å². The van der Waals surface area contributed by atoms with Gasteiger partial charge in [0, 0.05) is 0 Å². The molecule has 14 heavy (non-hydrogen) atoms. The van der Waals surface area contributed by atoms with Crippen LogP contribution in [0.25, 0.3) is 0 Å². The second-order valence-corrected chi connectivity index (χ2v) is 6.75. The molecule has 0 N–H and O–H groups in total. The molecule has 3 rings (SSSR count). The summed E-state index contributed by atoms with van der Waals surface area (Å²) in [5.74, 6) is 4.01. The highest BCUT2D eigenvalue weighted by molar-refractivity contribution is 5.52. The Labute approximate surface area is 88.5 Å². The first-order valence-electron chi connectivity index (χ1n) is 6.41. The van der Waals surface area contributed by atoms with Crippen LogP contribution in [0.5, 0.6) is 0 Å². The largest absolute Gasteiger partial charge is 0.0651 e. The van der Waals surface area contributed by atoms with Crippen molar-refractivity contribution in [3.8, 4) is 0 Å². The van der Waals surface area contributed by atoms with Crippen LogP contribution in [0.3, 0.4) is 0 Å². The van der Waals surface area contributed by atoms with E-state index >= 15 is 0 Å². The van der Waals surface area contributed by atoms with E-state index in [0.29, 0.717) is 0 Å². The molecule has 3 fully saturated rings. The molecule has 0 aromatic heterocycles. The van der Waals surface area contributed by atoms with Crippen LogP contribution >= 0.6 is 0 Å². The van der Waals surface area contributed by atoms with Gasteiger partial charge in [-0.2, -0.15) is 0 Å². The average molecular weight is 192 g/mol. The van der Waals surface area contributed by atoms with Gasteiger partial charge in [-0.25, -0.2) is 0 Å². The molecule has 0 radical (unpaired) electrons. The summed E-state index contributed by atoms with van der Waals surface area (Å²) in [4.78, 5) is 0. The lowest BCUT2D eigenvalue weighted by molar-refractivity contribution is -0.0846. The molecule has 0 aliphatic heterocycles. The molecule has 0 nitrogen and oxygen atoms in total. The first-order valence-corrected chi connectivity index (χ1v) is 6.41. The Kier molecular flexibility index (Phi) is 1.29. The molecular formula is C14H24. The summed E-state index contributed by atoms with van der Waals surface area (Å²) in [6, 6.07) is 0. The molecule has 3 aliphatic rings. The molecule has 3 aliphatic carbocycles. The zero-order valence-electron chi connectivity index (χ0n) is 10.5. The Balaban J connectivity index is 1.89. The molecule has 0 heterocycles. The molecule has 0 bridgehead atoms. The topological polar surface area (TPSA) is 0 Å². The summed E-state index contributed by atoms with van der Waals surface area (Å²) < 4.78 is 0. The molecule has 1 spiro atoms. The number of hydrogen-bond donors (Lipinski definition) is 0. The maximum absolute atomic E-state index is 2.57. The predicted octanol–water partition coefficient (Wildman–Crippen LogP) is 3.96. The van der Waals surface area contributed by atoms with Crippen molar-refractivity contribution in [3.63, 3.8) is 0 Å². The van der Waals surface area contributed by atoms with Gasteiger partial charge in [0.05, 0.1) is 0 Å². The molecule has 0 aromatic rings. The van der Waals surface area contributed by atoms with Crippen molar-refractivity contribution in [2.45, 2.75) is 48.0 Å². The highest BCUT2D eigenvalue weighted by Crippen LogP contribution is 3.09. The van der Waals surface area contributed by atoms with Crippen molar-refractivity contribution >= 4 is 0 Å². The van der Waals surface area contributed by atoms with E-state index in [4.69, 9.17) is 0 Å². The van der Waals surface area contributed by atoms with Gasteiger partial charge in [-0.05, 0) is 39.9 Å². The summed E-state index contributed by atoms with van der Waals surface area (Å²) in [6.07, 6.45) is 1.37. The van der Waals surface area contributed by atoms with Crippen LogP contribution in [-0.2, 0) is 0 Å². The highest BCUT2D eigenvalue weighted by Gasteiger charge is 3.06. The maximum Gasteiger partial charge on any atom is -0.0111 e. The third-order valence-electron chi connectivity index (χ3n) is 7.32. The molecule has 0 heteroatoms. The molecule has 7 atom stereocenters. The first-order chi connectivity index (χ1) is 6.41. The van der Waals surface area contributed by atoms with E-state index < -0.39 is 0 Å². The number of rotatable bonds is 2. The van der Waals surface area contributed by atoms with Crippen molar-refractivity contribution in [1.29, 1.82) is 0 Å². The van der Waals surface area contributed by atoms with Crippen molar-refractivity contribution in [2.24, 2.45) is 39.9 Å². The molecule has 0 aromatic carbocycles. The zero-order chi connectivity index (χ0) is 10.5. The monoisotopic (exact) mass is 192 g/mol. The second kappa shape index (κ2) is 1.95. The van der Waals surface area contributed by atoms with Gasteiger partial charge in [0.2, 0.25) is 0 Å². The third-order valence-corrected chi connectivity index (χ3v) is 7.32. The lowest BCUT2D eigenvalue weighted by atomic mass is 9.49. The van der Waals surface area contributed by atoms with E-state index in [1.807, 2.05) is 0 Å². The van der Waals surface area contributed by atoms with E-state index in [-0.39, 0.29) is 0 Å². The molecule has 3 saturated carbocycles. The fourth-order valence-electron chi connectivity index (χ4n) is 6.28. The zero-order valence-corrected chi connectivity index (χ0v) is 10.5. The van der Waals surface area contributed by atoms with Crippen molar-refractivity contribution in [2.75, 3.05) is 0 Å². The first kappa shape index (κ1) is 9.24. The number of fused-ring (bicyclic) bond motifs is 1. The molecule has 0 saturated heterocycles. The van der Waals surface area contributed by atoms with Gasteiger partial charge >= 0.3 is 0 Å². The van der Waals surface area contributed by atoms with Crippen molar-refractivity contribution < 1.29 is 0 Å². The summed E-state index contributed by atoms with van der Waals surface area (Å²) >= 11 is 0. The van der Waals surface area contributed by atoms with Crippen molar-refractivity contribution in [1.82, 2.24) is 0 Å². The minimum atomic E-state index is 0.725. The average Bonchev–Trinajstić information content (AvgIpc) is 2.98. The minimum absolute atomic E-state index is 0.725. The smallest absolute Gasteiger partial charge is 0.0111 e. The Morgan fingerprint density at radius 1 is 1.14 bits per heavy atom. The van der Waals surface area contributed by atoms with Crippen LogP contribution in [0.15, 0.2) is 0 Å². The molecule has 80 valence electrons. The van der Waals surface area contributed by atoms with E-state index in [0.717, 1.165) is 39.9 Å².